The molecule has 0 bridgehead atoms. The molecule has 2 aromatic heterocycles. The van der Waals surface area contributed by atoms with Gasteiger partial charge in [-0.3, -0.25) is 4.98 Å². The number of pyridine rings is 1. The molecular weight excluding hydrogens is 351 g/mol. The summed E-state index contributed by atoms with van der Waals surface area (Å²) in [5.74, 6) is 1.65. The highest BCUT2D eigenvalue weighted by Crippen LogP contribution is 2.24. The van der Waals surface area contributed by atoms with E-state index in [1.807, 2.05) is 32.9 Å². The zero-order valence-electron chi connectivity index (χ0n) is 11.6. The molecule has 0 aromatic carbocycles. The van der Waals surface area contributed by atoms with E-state index in [1.165, 1.54) is 0 Å². The molecule has 2 rings (SSSR count). The first kappa shape index (κ1) is 14.2. The Kier molecular flexibility index (Phi) is 4.34. The Labute approximate surface area is 127 Å². The van der Waals surface area contributed by atoms with Gasteiger partial charge in [-0.2, -0.15) is 0 Å². The molecule has 0 radical (unpaired) electrons. The van der Waals surface area contributed by atoms with Crippen molar-refractivity contribution >= 4 is 28.4 Å². The third kappa shape index (κ3) is 3.20. The molecule has 0 unspecified atom stereocenters. The highest BCUT2D eigenvalue weighted by Gasteiger charge is 2.11. The summed E-state index contributed by atoms with van der Waals surface area (Å²) in [6.45, 7) is 8.89. The van der Waals surface area contributed by atoms with Crippen LogP contribution in [0.3, 0.4) is 0 Å². The van der Waals surface area contributed by atoms with Crippen LogP contribution in [0.4, 0.5) is 5.82 Å². The van der Waals surface area contributed by atoms with Crippen LogP contribution in [0, 0.1) is 24.3 Å². The summed E-state index contributed by atoms with van der Waals surface area (Å²) in [7, 11) is 0. The number of rotatable bonds is 3. The zero-order chi connectivity index (χ0) is 14.0. The summed E-state index contributed by atoms with van der Waals surface area (Å²) in [6, 6.07) is 4.04. The van der Waals surface area contributed by atoms with E-state index in [0.29, 0.717) is 0 Å². The summed E-state index contributed by atoms with van der Waals surface area (Å²) in [5.41, 5.74) is 3.98. The Morgan fingerprint density at radius 2 is 1.68 bits per heavy atom. The fourth-order valence-corrected chi connectivity index (χ4v) is 2.37. The summed E-state index contributed by atoms with van der Waals surface area (Å²) in [6.07, 6.45) is 0. The van der Waals surface area contributed by atoms with Crippen LogP contribution >= 0.6 is 22.6 Å². The first-order valence-electron chi connectivity index (χ1n) is 6.25. The van der Waals surface area contributed by atoms with Gasteiger partial charge in [0.1, 0.15) is 5.82 Å². The van der Waals surface area contributed by atoms with Gasteiger partial charge in [0.2, 0.25) is 0 Å². The maximum absolute atomic E-state index is 4.62. The van der Waals surface area contributed by atoms with E-state index in [-0.39, 0.29) is 0 Å². The van der Waals surface area contributed by atoms with Crippen LogP contribution in [-0.4, -0.2) is 21.5 Å². The largest absolute Gasteiger partial charge is 0.369 e. The van der Waals surface area contributed by atoms with E-state index in [0.717, 1.165) is 44.4 Å². The molecule has 19 heavy (non-hydrogen) atoms. The van der Waals surface area contributed by atoms with Crippen LogP contribution < -0.4 is 5.32 Å². The van der Waals surface area contributed by atoms with E-state index < -0.39 is 0 Å². The molecule has 0 fully saturated rings. The van der Waals surface area contributed by atoms with Gasteiger partial charge < -0.3 is 5.32 Å². The van der Waals surface area contributed by atoms with Crippen molar-refractivity contribution in [2.75, 3.05) is 11.9 Å². The van der Waals surface area contributed by atoms with Gasteiger partial charge in [0.15, 0.2) is 5.82 Å². The number of hydrogen-bond acceptors (Lipinski definition) is 4. The number of hydrogen-bond donors (Lipinski definition) is 1. The molecule has 0 saturated heterocycles. The second kappa shape index (κ2) is 5.81. The van der Waals surface area contributed by atoms with Crippen molar-refractivity contribution in [2.45, 2.75) is 27.7 Å². The van der Waals surface area contributed by atoms with Gasteiger partial charge in [-0.05, 0) is 62.4 Å². The topological polar surface area (TPSA) is 50.7 Å². The summed E-state index contributed by atoms with van der Waals surface area (Å²) in [4.78, 5) is 13.6. The van der Waals surface area contributed by atoms with Crippen LogP contribution in [-0.2, 0) is 0 Å². The smallest absolute Gasteiger partial charge is 0.161 e. The Morgan fingerprint density at radius 1 is 1.05 bits per heavy atom. The molecule has 5 heteroatoms. The summed E-state index contributed by atoms with van der Waals surface area (Å²) >= 11 is 2.28. The highest BCUT2D eigenvalue weighted by atomic mass is 127. The van der Waals surface area contributed by atoms with Crippen molar-refractivity contribution in [3.05, 3.63) is 32.8 Å². The molecule has 0 aliphatic rings. The summed E-state index contributed by atoms with van der Waals surface area (Å²) < 4.78 is 1.07. The normalized spacial score (nSPS) is 10.6. The van der Waals surface area contributed by atoms with Crippen LogP contribution in [0.2, 0.25) is 0 Å². The minimum atomic E-state index is 0.752. The molecule has 0 saturated carbocycles. The molecule has 0 spiro atoms. The maximum Gasteiger partial charge on any atom is 0.161 e. The predicted molar refractivity (Wildman–Crippen MR) is 86.4 cm³/mol. The molecule has 0 aliphatic heterocycles. The van der Waals surface area contributed by atoms with Crippen molar-refractivity contribution < 1.29 is 0 Å². The van der Waals surface area contributed by atoms with Crippen LogP contribution in [0.5, 0.6) is 0 Å². The lowest BCUT2D eigenvalue weighted by Gasteiger charge is -2.10. The lowest BCUT2D eigenvalue weighted by molar-refractivity contribution is 1.05. The molecule has 4 nitrogen and oxygen atoms in total. The minimum Gasteiger partial charge on any atom is -0.369 e. The first-order chi connectivity index (χ1) is 9.01. The molecule has 2 aromatic rings. The Balaban J connectivity index is 2.55. The van der Waals surface area contributed by atoms with Crippen molar-refractivity contribution in [2.24, 2.45) is 0 Å². The van der Waals surface area contributed by atoms with Gasteiger partial charge in [0.25, 0.3) is 0 Å². The number of aromatic nitrogens is 3. The SMILES string of the molecule is CCNc1nc(-c2cc(C)nc(C)c2)nc(C)c1I. The van der Waals surface area contributed by atoms with Crippen LogP contribution in [0.25, 0.3) is 11.4 Å². The molecule has 1 N–H and O–H groups in total. The second-order valence-electron chi connectivity index (χ2n) is 4.46. The number of nitrogens with zero attached hydrogens (tertiary/aromatic N) is 3. The molecule has 0 aliphatic carbocycles. The molecule has 2 heterocycles. The fraction of sp³-hybridized carbons (Fsp3) is 0.357. The minimum absolute atomic E-state index is 0.752. The monoisotopic (exact) mass is 368 g/mol. The van der Waals surface area contributed by atoms with Crippen LogP contribution in [0.15, 0.2) is 12.1 Å². The van der Waals surface area contributed by atoms with Crippen LogP contribution in [0.1, 0.15) is 24.0 Å². The van der Waals surface area contributed by atoms with E-state index >= 15 is 0 Å². The molecular formula is C14H17IN4. The van der Waals surface area contributed by atoms with E-state index in [9.17, 15) is 0 Å². The predicted octanol–water partition coefficient (Wildman–Crippen LogP) is 3.50. The van der Waals surface area contributed by atoms with Crippen molar-refractivity contribution in [3.63, 3.8) is 0 Å². The Hall–Kier alpha value is -1.24. The number of nitrogens with one attached hydrogen (secondary N) is 1. The van der Waals surface area contributed by atoms with E-state index in [4.69, 9.17) is 0 Å². The third-order valence-corrected chi connectivity index (χ3v) is 3.99. The van der Waals surface area contributed by atoms with Gasteiger partial charge in [-0.25, -0.2) is 9.97 Å². The quantitative estimate of drug-likeness (QED) is 0.843. The molecule has 0 amide bonds. The standard InChI is InChI=1S/C14H17IN4/c1-5-16-14-12(15)10(4)18-13(19-14)11-6-8(2)17-9(3)7-11/h6-7H,5H2,1-4H3,(H,16,18,19). The van der Waals surface area contributed by atoms with E-state index in [2.05, 4.69) is 49.8 Å². The lowest BCUT2D eigenvalue weighted by Crippen LogP contribution is -2.06. The van der Waals surface area contributed by atoms with Crippen molar-refractivity contribution in [1.29, 1.82) is 0 Å². The average Bonchev–Trinajstić information content (AvgIpc) is 2.33. The summed E-state index contributed by atoms with van der Waals surface area (Å²) in [5, 5.41) is 3.28. The second-order valence-corrected chi connectivity index (χ2v) is 5.54. The van der Waals surface area contributed by atoms with Gasteiger partial charge in [-0.1, -0.05) is 0 Å². The van der Waals surface area contributed by atoms with Gasteiger partial charge in [-0.15, -0.1) is 0 Å². The Morgan fingerprint density at radius 3 is 2.26 bits per heavy atom. The molecule has 100 valence electrons. The first-order valence-corrected chi connectivity index (χ1v) is 7.32. The van der Waals surface area contributed by atoms with Gasteiger partial charge in [0.05, 0.1) is 9.26 Å². The third-order valence-electron chi connectivity index (χ3n) is 2.70. The number of anilines is 1. The number of halogens is 1. The molecule has 0 atom stereocenters. The lowest BCUT2D eigenvalue weighted by atomic mass is 10.2. The number of aryl methyl sites for hydroxylation is 3. The Bertz CT molecular complexity index is 590. The van der Waals surface area contributed by atoms with E-state index in [1.54, 1.807) is 0 Å². The van der Waals surface area contributed by atoms with Crippen molar-refractivity contribution in [3.8, 4) is 11.4 Å². The average molecular weight is 368 g/mol. The van der Waals surface area contributed by atoms with Crippen molar-refractivity contribution in [1.82, 2.24) is 15.0 Å². The zero-order valence-corrected chi connectivity index (χ0v) is 13.7. The van der Waals surface area contributed by atoms with Gasteiger partial charge >= 0.3 is 0 Å². The fourth-order valence-electron chi connectivity index (χ4n) is 1.94. The van der Waals surface area contributed by atoms with Gasteiger partial charge in [0, 0.05) is 23.5 Å². The highest BCUT2D eigenvalue weighted by molar-refractivity contribution is 14.1. The maximum atomic E-state index is 4.62.